The normalized spacial score (nSPS) is 18.1. The molecule has 1 unspecified atom stereocenters. The molecule has 29 heavy (non-hydrogen) atoms. The summed E-state index contributed by atoms with van der Waals surface area (Å²) in [6, 6.07) is 20.2. The molecule has 0 aliphatic carbocycles. The fourth-order valence-corrected chi connectivity index (χ4v) is 5.03. The number of sulfonamides is 1. The van der Waals surface area contributed by atoms with Gasteiger partial charge in [0.15, 0.2) is 0 Å². The summed E-state index contributed by atoms with van der Waals surface area (Å²) in [4.78, 5) is 11.3. The van der Waals surface area contributed by atoms with Crippen molar-refractivity contribution < 1.29 is 18.3 Å². The van der Waals surface area contributed by atoms with Crippen molar-refractivity contribution in [3.05, 3.63) is 94.0 Å². The molecule has 1 aliphatic rings. The van der Waals surface area contributed by atoms with Crippen LogP contribution in [0.4, 0.5) is 5.69 Å². The standard InChI is InChI=1S/C21H17BrN2O4S/c22-17-9-11-18(12-10-17)29(27,28)24-21(13-15-3-1-2-4-19(15)23-21)16-7-5-14(6-8-16)20(25)26/h1-12,23-24H,13H2,(H,25,26). The summed E-state index contributed by atoms with van der Waals surface area (Å²) in [6.45, 7) is 0. The van der Waals surface area contributed by atoms with Crippen LogP contribution in [-0.2, 0) is 22.1 Å². The van der Waals surface area contributed by atoms with Crippen molar-refractivity contribution in [2.75, 3.05) is 5.32 Å². The van der Waals surface area contributed by atoms with Crippen LogP contribution in [-0.4, -0.2) is 19.5 Å². The molecule has 1 heterocycles. The van der Waals surface area contributed by atoms with Crippen molar-refractivity contribution in [3.63, 3.8) is 0 Å². The van der Waals surface area contributed by atoms with Gasteiger partial charge in [0, 0.05) is 16.6 Å². The summed E-state index contributed by atoms with van der Waals surface area (Å²) >= 11 is 3.31. The molecule has 1 atom stereocenters. The van der Waals surface area contributed by atoms with Crippen molar-refractivity contribution in [2.24, 2.45) is 0 Å². The van der Waals surface area contributed by atoms with E-state index in [0.717, 1.165) is 15.7 Å². The van der Waals surface area contributed by atoms with E-state index in [-0.39, 0.29) is 10.5 Å². The third-order valence-electron chi connectivity index (χ3n) is 4.88. The average Bonchev–Trinajstić information content (AvgIpc) is 3.07. The summed E-state index contributed by atoms with van der Waals surface area (Å²) in [6.07, 6.45) is 0.380. The number of carboxylic acid groups (broad SMARTS) is 1. The molecule has 0 bridgehead atoms. The third-order valence-corrected chi connectivity index (χ3v) is 6.92. The Morgan fingerprint density at radius 1 is 1.00 bits per heavy atom. The zero-order valence-corrected chi connectivity index (χ0v) is 17.5. The van der Waals surface area contributed by atoms with Gasteiger partial charge in [-0.1, -0.05) is 46.3 Å². The molecule has 0 fully saturated rings. The molecule has 3 N–H and O–H groups in total. The number of benzene rings is 3. The molecule has 0 saturated heterocycles. The van der Waals surface area contributed by atoms with Crippen molar-refractivity contribution in [1.29, 1.82) is 0 Å². The van der Waals surface area contributed by atoms with Gasteiger partial charge in [-0.05, 0) is 53.6 Å². The highest BCUT2D eigenvalue weighted by Gasteiger charge is 2.42. The van der Waals surface area contributed by atoms with E-state index in [0.29, 0.717) is 12.0 Å². The van der Waals surface area contributed by atoms with Crippen LogP contribution in [0.5, 0.6) is 0 Å². The van der Waals surface area contributed by atoms with Crippen molar-refractivity contribution in [2.45, 2.75) is 17.0 Å². The van der Waals surface area contributed by atoms with Gasteiger partial charge in [0.25, 0.3) is 0 Å². The first-order valence-electron chi connectivity index (χ1n) is 8.79. The van der Waals surface area contributed by atoms with Gasteiger partial charge in [0.1, 0.15) is 5.66 Å². The lowest BCUT2D eigenvalue weighted by Crippen LogP contribution is -2.50. The maximum atomic E-state index is 13.1. The number of carbonyl (C=O) groups is 1. The minimum absolute atomic E-state index is 0.134. The molecule has 4 rings (SSSR count). The topological polar surface area (TPSA) is 95.5 Å². The molecule has 1 aliphatic heterocycles. The Hall–Kier alpha value is -2.68. The van der Waals surface area contributed by atoms with Crippen LogP contribution in [0.2, 0.25) is 0 Å². The second-order valence-corrected chi connectivity index (χ2v) is 9.40. The second-order valence-electron chi connectivity index (χ2n) is 6.81. The van der Waals surface area contributed by atoms with Crippen molar-refractivity contribution in [1.82, 2.24) is 4.72 Å². The highest BCUT2D eigenvalue weighted by atomic mass is 79.9. The van der Waals surface area contributed by atoms with Gasteiger partial charge in [-0.25, -0.2) is 13.2 Å². The highest BCUT2D eigenvalue weighted by molar-refractivity contribution is 9.10. The Morgan fingerprint density at radius 2 is 1.66 bits per heavy atom. The number of hydrogen-bond donors (Lipinski definition) is 3. The van der Waals surface area contributed by atoms with Crippen LogP contribution in [0.15, 0.2) is 82.2 Å². The average molecular weight is 473 g/mol. The first-order valence-corrected chi connectivity index (χ1v) is 11.1. The first-order chi connectivity index (χ1) is 13.8. The fraction of sp³-hybridized carbons (Fsp3) is 0.0952. The predicted octanol–water partition coefficient (Wildman–Crippen LogP) is 3.95. The van der Waals surface area contributed by atoms with E-state index in [2.05, 4.69) is 26.0 Å². The maximum absolute atomic E-state index is 13.1. The van der Waals surface area contributed by atoms with Crippen LogP contribution in [0, 0.1) is 0 Å². The molecule has 3 aromatic rings. The molecule has 0 spiro atoms. The van der Waals surface area contributed by atoms with Gasteiger partial charge in [0.2, 0.25) is 10.0 Å². The minimum Gasteiger partial charge on any atom is -0.478 e. The number of carboxylic acids is 1. The molecular formula is C21H17BrN2O4S. The molecular weight excluding hydrogens is 456 g/mol. The molecule has 0 radical (unpaired) electrons. The van der Waals surface area contributed by atoms with Gasteiger partial charge in [-0.3, -0.25) is 0 Å². The molecule has 148 valence electrons. The monoisotopic (exact) mass is 472 g/mol. The van der Waals surface area contributed by atoms with E-state index >= 15 is 0 Å². The van der Waals surface area contributed by atoms with Gasteiger partial charge >= 0.3 is 5.97 Å². The number of halogens is 1. The van der Waals surface area contributed by atoms with E-state index < -0.39 is 21.7 Å². The zero-order chi connectivity index (χ0) is 20.6. The number of fused-ring (bicyclic) bond motifs is 1. The van der Waals surface area contributed by atoms with Crippen LogP contribution in [0.3, 0.4) is 0 Å². The van der Waals surface area contributed by atoms with Gasteiger partial charge in [-0.2, -0.15) is 4.72 Å². The number of aromatic carboxylic acids is 1. The van der Waals surface area contributed by atoms with E-state index in [1.165, 1.54) is 24.3 Å². The van der Waals surface area contributed by atoms with Gasteiger partial charge < -0.3 is 10.4 Å². The van der Waals surface area contributed by atoms with Crippen LogP contribution in [0.25, 0.3) is 0 Å². The summed E-state index contributed by atoms with van der Waals surface area (Å²) in [5.74, 6) is -1.04. The quantitative estimate of drug-likeness (QED) is 0.522. The van der Waals surface area contributed by atoms with E-state index in [1.54, 1.807) is 24.3 Å². The molecule has 0 amide bonds. The summed E-state index contributed by atoms with van der Waals surface area (Å²) in [5, 5.41) is 12.5. The van der Waals surface area contributed by atoms with E-state index in [1.807, 2.05) is 24.3 Å². The predicted molar refractivity (Wildman–Crippen MR) is 113 cm³/mol. The number of hydrogen-bond acceptors (Lipinski definition) is 4. The lowest BCUT2D eigenvalue weighted by molar-refractivity contribution is 0.0696. The lowest BCUT2D eigenvalue weighted by Gasteiger charge is -2.32. The van der Waals surface area contributed by atoms with Crippen LogP contribution < -0.4 is 10.0 Å². The molecule has 6 nitrogen and oxygen atoms in total. The second kappa shape index (κ2) is 7.29. The first kappa shape index (κ1) is 19.6. The summed E-state index contributed by atoms with van der Waals surface area (Å²) in [7, 11) is -3.86. The Bertz CT molecular complexity index is 1150. The number of rotatable bonds is 5. The number of anilines is 1. The summed E-state index contributed by atoms with van der Waals surface area (Å²) < 4.78 is 29.9. The smallest absolute Gasteiger partial charge is 0.335 e. The zero-order valence-electron chi connectivity index (χ0n) is 15.1. The molecule has 0 aromatic heterocycles. The van der Waals surface area contributed by atoms with Crippen LogP contribution >= 0.6 is 15.9 Å². The highest BCUT2D eigenvalue weighted by Crippen LogP contribution is 2.38. The van der Waals surface area contributed by atoms with Crippen LogP contribution in [0.1, 0.15) is 21.5 Å². The third kappa shape index (κ3) is 3.78. The number of para-hydroxylation sites is 1. The largest absolute Gasteiger partial charge is 0.478 e. The van der Waals surface area contributed by atoms with Crippen molar-refractivity contribution in [3.8, 4) is 0 Å². The Morgan fingerprint density at radius 3 is 2.28 bits per heavy atom. The van der Waals surface area contributed by atoms with Crippen molar-refractivity contribution >= 4 is 37.6 Å². The van der Waals surface area contributed by atoms with E-state index in [9.17, 15) is 18.3 Å². The Labute approximate surface area is 176 Å². The van der Waals surface area contributed by atoms with E-state index in [4.69, 9.17) is 0 Å². The Kier molecular flexibility index (Phi) is 4.94. The Balaban J connectivity index is 1.77. The summed E-state index contributed by atoms with van der Waals surface area (Å²) in [5.41, 5.74) is 1.42. The van der Waals surface area contributed by atoms with Gasteiger partial charge in [0.05, 0.1) is 10.5 Å². The maximum Gasteiger partial charge on any atom is 0.335 e. The molecule has 0 saturated carbocycles. The molecule has 3 aromatic carbocycles. The fourth-order valence-electron chi connectivity index (χ4n) is 3.45. The molecule has 8 heteroatoms. The van der Waals surface area contributed by atoms with Gasteiger partial charge in [-0.15, -0.1) is 0 Å². The minimum atomic E-state index is -3.86. The number of nitrogens with one attached hydrogen (secondary N) is 2. The lowest BCUT2D eigenvalue weighted by atomic mass is 9.95. The SMILES string of the molecule is O=C(O)c1ccc(C2(NS(=O)(=O)c3ccc(Br)cc3)Cc3ccccc3N2)cc1.